The van der Waals surface area contributed by atoms with Crippen LogP contribution in [0.2, 0.25) is 0 Å². The molecule has 10 atom stereocenters. The molecule has 0 amide bonds. The first-order valence-corrected chi connectivity index (χ1v) is 18.4. The molecule has 0 aromatic rings. The summed E-state index contributed by atoms with van der Waals surface area (Å²) in [7, 11) is 4.49. The van der Waals surface area contributed by atoms with Crippen molar-refractivity contribution in [3.05, 3.63) is 12.2 Å². The highest BCUT2D eigenvalue weighted by Crippen LogP contribution is 2.78. The molecule has 45 heavy (non-hydrogen) atoms. The number of esters is 1. The summed E-state index contributed by atoms with van der Waals surface area (Å²) in [6.07, 6.45) is 14.0. The molecule has 5 saturated carbocycles. The molecule has 0 aromatic carbocycles. The second-order valence-corrected chi connectivity index (χ2v) is 19.4. The number of allylic oxidation sites excluding steroid dienone is 1. The van der Waals surface area contributed by atoms with E-state index in [0.29, 0.717) is 34.0 Å². The van der Waals surface area contributed by atoms with Gasteiger partial charge in [-0.05, 0) is 155 Å². The van der Waals surface area contributed by atoms with Crippen molar-refractivity contribution in [2.45, 2.75) is 145 Å². The van der Waals surface area contributed by atoms with E-state index in [4.69, 9.17) is 4.74 Å². The smallest absolute Gasteiger partial charge is 0.306 e. The summed E-state index contributed by atoms with van der Waals surface area (Å²) >= 11 is 0. The number of carboxylic acids is 1. The standard InChI is InChI=1S/C40H67NO4/c1-26(2)27-14-19-40(22-23-41(10)11)21-20-38(8)28(34(27)40)12-13-30-37(7)17-16-31(36(5,6)29(37)15-18-39(30,38)9)45-33(44)25-35(3,4)24-32(42)43/h27-31,34H,1,12-25H2,2-11H3,(H,42,43)/t27?,28-,29?,30?,31?,34?,37+,38-,39-,40-/m1/s1. The zero-order chi connectivity index (χ0) is 33.4. The third-order valence-electron chi connectivity index (χ3n) is 15.8. The van der Waals surface area contributed by atoms with Crippen LogP contribution in [0.25, 0.3) is 0 Å². The molecule has 0 aliphatic heterocycles. The molecule has 5 heteroatoms. The van der Waals surface area contributed by atoms with E-state index in [0.717, 1.165) is 24.7 Å². The van der Waals surface area contributed by atoms with Crippen molar-refractivity contribution >= 4 is 11.9 Å². The van der Waals surface area contributed by atoms with Crippen LogP contribution >= 0.6 is 0 Å². The highest BCUT2D eigenvalue weighted by atomic mass is 16.5. The molecule has 5 rings (SSSR count). The number of hydrogen-bond donors (Lipinski definition) is 1. The fourth-order valence-corrected chi connectivity index (χ4v) is 13.4. The Hall–Kier alpha value is -1.36. The van der Waals surface area contributed by atoms with Crippen LogP contribution in [0.1, 0.15) is 139 Å². The summed E-state index contributed by atoms with van der Waals surface area (Å²) in [5.41, 5.74) is 2.09. The number of carboxylic acid groups (broad SMARTS) is 1. The van der Waals surface area contributed by atoms with Gasteiger partial charge < -0.3 is 14.7 Å². The Balaban J connectivity index is 1.39. The van der Waals surface area contributed by atoms with Gasteiger partial charge in [0.05, 0.1) is 12.8 Å². The number of ether oxygens (including phenoxy) is 1. The lowest BCUT2D eigenvalue weighted by atomic mass is 9.32. The van der Waals surface area contributed by atoms with Crippen LogP contribution in [-0.2, 0) is 14.3 Å². The highest BCUT2D eigenvalue weighted by Gasteiger charge is 2.71. The minimum atomic E-state index is -0.865. The lowest BCUT2D eigenvalue weighted by Gasteiger charge is -2.73. The molecule has 0 spiro atoms. The number of fused-ring (bicyclic) bond motifs is 7. The van der Waals surface area contributed by atoms with Crippen molar-refractivity contribution < 1.29 is 19.4 Å². The summed E-state index contributed by atoms with van der Waals surface area (Å²) < 4.78 is 6.27. The predicted octanol–water partition coefficient (Wildman–Crippen LogP) is 9.40. The van der Waals surface area contributed by atoms with Gasteiger partial charge in [0.2, 0.25) is 0 Å². The van der Waals surface area contributed by atoms with Crippen LogP contribution in [0.5, 0.6) is 0 Å². The second kappa shape index (κ2) is 11.7. The van der Waals surface area contributed by atoms with Crippen LogP contribution in [0.4, 0.5) is 0 Å². The number of rotatable bonds is 9. The van der Waals surface area contributed by atoms with Gasteiger partial charge in [-0.15, -0.1) is 0 Å². The SMILES string of the molecule is C=C(C)C1CC[C@]2(CCN(C)C)CC[C@]3(C)[C@H](CCC4[C@@]5(C)CCC(OC(=O)CC(C)(C)CC(=O)O)C(C)(C)C5CC[C@]43C)C12. The maximum absolute atomic E-state index is 13.2. The summed E-state index contributed by atoms with van der Waals surface area (Å²) in [6.45, 7) is 24.6. The molecule has 5 aliphatic rings. The van der Waals surface area contributed by atoms with Crippen molar-refractivity contribution in [3.8, 4) is 0 Å². The zero-order valence-corrected chi connectivity index (χ0v) is 30.7. The van der Waals surface area contributed by atoms with Gasteiger partial charge >= 0.3 is 11.9 Å². The van der Waals surface area contributed by atoms with E-state index in [1.165, 1.54) is 69.9 Å². The summed E-state index contributed by atoms with van der Waals surface area (Å²) in [5.74, 6) is 2.32. The molecular formula is C40H67NO4. The number of hydrogen-bond acceptors (Lipinski definition) is 4. The minimum Gasteiger partial charge on any atom is -0.481 e. The van der Waals surface area contributed by atoms with Crippen molar-refractivity contribution in [2.24, 2.45) is 62.1 Å². The molecule has 256 valence electrons. The van der Waals surface area contributed by atoms with Crippen LogP contribution in [0.3, 0.4) is 0 Å². The highest BCUT2D eigenvalue weighted by molar-refractivity contribution is 5.73. The van der Waals surface area contributed by atoms with E-state index in [2.05, 4.69) is 67.1 Å². The number of carbonyl (C=O) groups excluding carboxylic acids is 1. The molecule has 1 N–H and O–H groups in total. The van der Waals surface area contributed by atoms with Crippen LogP contribution < -0.4 is 0 Å². The van der Waals surface area contributed by atoms with Gasteiger partial charge in [0.25, 0.3) is 0 Å². The molecule has 5 fully saturated rings. The number of carbonyl (C=O) groups is 2. The first-order valence-electron chi connectivity index (χ1n) is 18.4. The Morgan fingerprint density at radius 2 is 1.56 bits per heavy atom. The Bertz CT molecular complexity index is 1170. The quantitative estimate of drug-likeness (QED) is 0.204. The molecule has 0 aromatic heterocycles. The van der Waals surface area contributed by atoms with E-state index in [-0.39, 0.29) is 35.7 Å². The topological polar surface area (TPSA) is 66.8 Å². The first kappa shape index (κ1) is 35.0. The Kier molecular flexibility index (Phi) is 9.06. The van der Waals surface area contributed by atoms with Gasteiger partial charge in [-0.2, -0.15) is 0 Å². The van der Waals surface area contributed by atoms with Crippen molar-refractivity contribution in [1.82, 2.24) is 4.90 Å². The molecule has 0 radical (unpaired) electrons. The van der Waals surface area contributed by atoms with Gasteiger partial charge in [0, 0.05) is 5.41 Å². The predicted molar refractivity (Wildman–Crippen MR) is 183 cm³/mol. The van der Waals surface area contributed by atoms with Gasteiger partial charge in [-0.25, -0.2) is 0 Å². The third kappa shape index (κ3) is 5.65. The minimum absolute atomic E-state index is 0.0262. The normalized spacial score (nSPS) is 43.9. The maximum atomic E-state index is 13.2. The van der Waals surface area contributed by atoms with Crippen LogP contribution in [-0.4, -0.2) is 48.7 Å². The largest absolute Gasteiger partial charge is 0.481 e. The summed E-state index contributed by atoms with van der Waals surface area (Å²) in [6, 6.07) is 0. The van der Waals surface area contributed by atoms with E-state index in [9.17, 15) is 14.7 Å². The third-order valence-corrected chi connectivity index (χ3v) is 15.8. The maximum Gasteiger partial charge on any atom is 0.306 e. The lowest BCUT2D eigenvalue weighted by molar-refractivity contribution is -0.250. The van der Waals surface area contributed by atoms with Crippen LogP contribution in [0.15, 0.2) is 12.2 Å². The average molecular weight is 626 g/mol. The lowest BCUT2D eigenvalue weighted by Crippen LogP contribution is -2.66. The van der Waals surface area contributed by atoms with Crippen LogP contribution in [0, 0.1) is 62.1 Å². The second-order valence-electron chi connectivity index (χ2n) is 19.4. The zero-order valence-electron chi connectivity index (χ0n) is 30.7. The molecule has 0 heterocycles. The fraction of sp³-hybridized carbons (Fsp3) is 0.900. The molecule has 5 unspecified atom stereocenters. The average Bonchev–Trinajstić information content (AvgIpc) is 3.29. The Morgan fingerprint density at radius 3 is 2.18 bits per heavy atom. The van der Waals surface area contributed by atoms with Crippen molar-refractivity contribution in [1.29, 1.82) is 0 Å². The summed E-state index contributed by atoms with van der Waals surface area (Å²) in [4.78, 5) is 26.9. The van der Waals surface area contributed by atoms with Crippen molar-refractivity contribution in [3.63, 3.8) is 0 Å². The van der Waals surface area contributed by atoms with E-state index in [1.807, 2.05) is 13.8 Å². The Labute approximate surface area is 275 Å². The first-order chi connectivity index (χ1) is 20.7. The van der Waals surface area contributed by atoms with Gasteiger partial charge in [-0.3, -0.25) is 9.59 Å². The van der Waals surface area contributed by atoms with Gasteiger partial charge in [-0.1, -0.05) is 60.6 Å². The fourth-order valence-electron chi connectivity index (χ4n) is 13.4. The van der Waals surface area contributed by atoms with Gasteiger partial charge in [0.1, 0.15) is 6.10 Å². The molecular weight excluding hydrogens is 558 g/mol. The van der Waals surface area contributed by atoms with Gasteiger partial charge in [0.15, 0.2) is 0 Å². The monoisotopic (exact) mass is 626 g/mol. The van der Waals surface area contributed by atoms with E-state index >= 15 is 0 Å². The molecule has 0 bridgehead atoms. The number of aliphatic carboxylic acids is 1. The molecule has 5 aliphatic carbocycles. The summed E-state index contributed by atoms with van der Waals surface area (Å²) in [5, 5.41) is 9.31. The van der Waals surface area contributed by atoms with E-state index in [1.54, 1.807) is 0 Å². The number of nitrogens with zero attached hydrogens (tertiary/aromatic N) is 1. The van der Waals surface area contributed by atoms with E-state index < -0.39 is 11.4 Å². The molecule has 5 nitrogen and oxygen atoms in total. The Morgan fingerprint density at radius 1 is 0.867 bits per heavy atom. The van der Waals surface area contributed by atoms with Crippen molar-refractivity contribution in [2.75, 3.05) is 20.6 Å². The molecule has 0 saturated heterocycles.